The van der Waals surface area contributed by atoms with E-state index in [1.807, 2.05) is 0 Å². The van der Waals surface area contributed by atoms with E-state index in [1.165, 1.54) is 12.1 Å². The van der Waals surface area contributed by atoms with Gasteiger partial charge in [0.2, 0.25) is 0 Å². The lowest BCUT2D eigenvalue weighted by Gasteiger charge is -2.10. The molecule has 1 fully saturated rings. The summed E-state index contributed by atoms with van der Waals surface area (Å²) in [6, 6.07) is 3.34. The molecular formula is C11H13FN2O4. The van der Waals surface area contributed by atoms with Crippen molar-refractivity contribution in [1.82, 2.24) is 0 Å². The minimum Gasteiger partial charge on any atom is -0.381 e. The number of hydrogen-bond donors (Lipinski definition) is 1. The highest BCUT2D eigenvalue weighted by Gasteiger charge is 2.16. The van der Waals surface area contributed by atoms with Crippen molar-refractivity contribution in [3.8, 4) is 0 Å². The second-order valence-electron chi connectivity index (χ2n) is 4.06. The second kappa shape index (κ2) is 5.74. The molecule has 1 saturated heterocycles. The molecule has 6 nitrogen and oxygen atoms in total. The van der Waals surface area contributed by atoms with E-state index >= 15 is 0 Å². The van der Waals surface area contributed by atoms with E-state index in [-0.39, 0.29) is 11.4 Å². The van der Waals surface area contributed by atoms with Crippen LogP contribution in [0, 0.1) is 21.8 Å². The molecule has 0 aromatic heterocycles. The number of rotatable bonds is 5. The second-order valence-corrected chi connectivity index (χ2v) is 4.06. The van der Waals surface area contributed by atoms with Crippen molar-refractivity contribution in [2.75, 3.05) is 25.3 Å². The molecule has 1 atom stereocenters. The molecule has 0 bridgehead atoms. The van der Waals surface area contributed by atoms with Crippen molar-refractivity contribution in [2.45, 2.75) is 6.42 Å². The molecule has 1 aliphatic rings. The van der Waals surface area contributed by atoms with Gasteiger partial charge in [0.25, 0.3) is 5.69 Å². The van der Waals surface area contributed by atoms with Crippen molar-refractivity contribution in [1.29, 1.82) is 0 Å². The minimum atomic E-state index is -0.716. The average molecular weight is 256 g/mol. The Balaban J connectivity index is 1.87. The third-order valence-corrected chi connectivity index (χ3v) is 2.69. The van der Waals surface area contributed by atoms with Crippen molar-refractivity contribution < 1.29 is 18.9 Å². The van der Waals surface area contributed by atoms with Crippen molar-refractivity contribution in [3.63, 3.8) is 0 Å². The van der Waals surface area contributed by atoms with Gasteiger partial charge in [0.1, 0.15) is 0 Å². The fourth-order valence-corrected chi connectivity index (χ4v) is 1.65. The number of benzene rings is 1. The van der Waals surface area contributed by atoms with Crippen molar-refractivity contribution in [3.05, 3.63) is 34.1 Å². The van der Waals surface area contributed by atoms with E-state index in [9.17, 15) is 14.5 Å². The monoisotopic (exact) mass is 256 g/mol. The summed E-state index contributed by atoms with van der Waals surface area (Å²) < 4.78 is 18.6. The molecule has 0 aliphatic carbocycles. The molecule has 0 amide bonds. The lowest BCUT2D eigenvalue weighted by Crippen LogP contribution is -2.13. The first-order valence-electron chi connectivity index (χ1n) is 5.56. The molecule has 1 aromatic carbocycles. The summed E-state index contributed by atoms with van der Waals surface area (Å²) in [5.74, 6) is -0.412. The van der Waals surface area contributed by atoms with E-state index in [0.717, 1.165) is 19.1 Å². The highest BCUT2D eigenvalue weighted by atomic mass is 19.1. The van der Waals surface area contributed by atoms with Crippen LogP contribution >= 0.6 is 0 Å². The molecule has 98 valence electrons. The number of halogens is 1. The molecule has 2 rings (SSSR count). The standard InChI is InChI=1S/C11H13FN2O4/c12-10-5-9(14(15)16)1-2-11(10)13-18-7-8-3-4-17-6-8/h1-2,5,8,13H,3-4,6-7H2. The number of hydrogen-bond acceptors (Lipinski definition) is 5. The first kappa shape index (κ1) is 12.7. The van der Waals surface area contributed by atoms with Crippen LogP contribution in [0.5, 0.6) is 0 Å². The maximum atomic E-state index is 13.4. The molecule has 0 saturated carbocycles. The van der Waals surface area contributed by atoms with Gasteiger partial charge in [-0.05, 0) is 12.5 Å². The van der Waals surface area contributed by atoms with Crippen molar-refractivity contribution >= 4 is 11.4 Å². The van der Waals surface area contributed by atoms with Crippen LogP contribution in [0.2, 0.25) is 0 Å². The van der Waals surface area contributed by atoms with Gasteiger partial charge in [-0.3, -0.25) is 20.4 Å². The van der Waals surface area contributed by atoms with Crippen LogP contribution in [0.1, 0.15) is 6.42 Å². The van der Waals surface area contributed by atoms with Crippen LogP contribution in [0.15, 0.2) is 18.2 Å². The third kappa shape index (κ3) is 3.14. The topological polar surface area (TPSA) is 73.6 Å². The summed E-state index contributed by atoms with van der Waals surface area (Å²) in [7, 11) is 0. The molecular weight excluding hydrogens is 243 g/mol. The van der Waals surface area contributed by atoms with E-state index in [0.29, 0.717) is 19.1 Å². The Morgan fingerprint density at radius 2 is 2.44 bits per heavy atom. The predicted octanol–water partition coefficient (Wildman–Crippen LogP) is 2.11. The zero-order valence-electron chi connectivity index (χ0n) is 9.60. The van der Waals surface area contributed by atoms with Gasteiger partial charge in [0, 0.05) is 18.6 Å². The van der Waals surface area contributed by atoms with Gasteiger partial charge in [-0.25, -0.2) is 4.39 Å². The lowest BCUT2D eigenvalue weighted by molar-refractivity contribution is -0.385. The summed E-state index contributed by atoms with van der Waals surface area (Å²) in [6.45, 7) is 1.78. The van der Waals surface area contributed by atoms with E-state index in [2.05, 4.69) is 5.48 Å². The maximum Gasteiger partial charge on any atom is 0.272 e. The van der Waals surface area contributed by atoms with Gasteiger partial charge in [-0.1, -0.05) is 0 Å². The molecule has 1 aromatic rings. The molecule has 1 heterocycles. The van der Waals surface area contributed by atoms with Gasteiger partial charge in [0.05, 0.1) is 29.9 Å². The van der Waals surface area contributed by atoms with Crippen LogP contribution in [0.4, 0.5) is 15.8 Å². The number of nitrogens with zero attached hydrogens (tertiary/aromatic N) is 1. The van der Waals surface area contributed by atoms with Crippen LogP contribution in [-0.4, -0.2) is 24.7 Å². The summed E-state index contributed by atoms with van der Waals surface area (Å²) >= 11 is 0. The largest absolute Gasteiger partial charge is 0.381 e. The Morgan fingerprint density at radius 1 is 1.61 bits per heavy atom. The molecule has 1 N–H and O–H groups in total. The fourth-order valence-electron chi connectivity index (χ4n) is 1.65. The number of nitrogens with one attached hydrogen (secondary N) is 1. The number of nitro benzene ring substituents is 1. The zero-order valence-corrected chi connectivity index (χ0v) is 9.60. The quantitative estimate of drug-likeness (QED) is 0.645. The minimum absolute atomic E-state index is 0.0829. The first-order valence-corrected chi connectivity index (χ1v) is 5.56. The fraction of sp³-hybridized carbons (Fsp3) is 0.455. The molecule has 1 aliphatic heterocycles. The van der Waals surface area contributed by atoms with Crippen molar-refractivity contribution in [2.24, 2.45) is 5.92 Å². The Kier molecular flexibility index (Phi) is 4.06. The van der Waals surface area contributed by atoms with Gasteiger partial charge in [-0.15, -0.1) is 0 Å². The lowest BCUT2D eigenvalue weighted by atomic mass is 10.1. The van der Waals surface area contributed by atoms with Crippen LogP contribution in [0.3, 0.4) is 0 Å². The number of non-ortho nitro benzene ring substituents is 1. The Bertz CT molecular complexity index is 435. The van der Waals surface area contributed by atoms with Crippen LogP contribution in [-0.2, 0) is 9.57 Å². The molecule has 18 heavy (non-hydrogen) atoms. The highest BCUT2D eigenvalue weighted by Crippen LogP contribution is 2.21. The van der Waals surface area contributed by atoms with Gasteiger partial charge < -0.3 is 4.74 Å². The molecule has 0 radical (unpaired) electrons. The SMILES string of the molecule is O=[N+]([O-])c1ccc(NOCC2CCOC2)c(F)c1. The number of ether oxygens (including phenoxy) is 1. The maximum absolute atomic E-state index is 13.4. The predicted molar refractivity (Wildman–Crippen MR) is 61.6 cm³/mol. The normalized spacial score (nSPS) is 18.8. The zero-order chi connectivity index (χ0) is 13.0. The Hall–Kier alpha value is -1.73. The van der Waals surface area contributed by atoms with E-state index in [4.69, 9.17) is 9.57 Å². The highest BCUT2D eigenvalue weighted by molar-refractivity contribution is 5.48. The summed E-state index contributed by atoms with van der Waals surface area (Å²) in [4.78, 5) is 14.9. The van der Waals surface area contributed by atoms with Crippen LogP contribution in [0.25, 0.3) is 0 Å². The molecule has 0 spiro atoms. The van der Waals surface area contributed by atoms with E-state index in [1.54, 1.807) is 0 Å². The summed E-state index contributed by atoms with van der Waals surface area (Å²) in [5.41, 5.74) is 2.25. The Labute approximate surface area is 103 Å². The number of nitro groups is 1. The van der Waals surface area contributed by atoms with E-state index < -0.39 is 10.7 Å². The molecule has 1 unspecified atom stereocenters. The third-order valence-electron chi connectivity index (χ3n) is 2.69. The van der Waals surface area contributed by atoms with Crippen LogP contribution < -0.4 is 5.48 Å². The summed E-state index contributed by atoms with van der Waals surface area (Å²) in [5, 5.41) is 10.4. The molecule has 7 heteroatoms. The first-order chi connectivity index (χ1) is 8.66. The van der Waals surface area contributed by atoms with Gasteiger partial charge >= 0.3 is 0 Å². The smallest absolute Gasteiger partial charge is 0.272 e. The van der Waals surface area contributed by atoms with Gasteiger partial charge in [-0.2, -0.15) is 0 Å². The average Bonchev–Trinajstić information content (AvgIpc) is 2.84. The Morgan fingerprint density at radius 3 is 3.06 bits per heavy atom. The van der Waals surface area contributed by atoms with Gasteiger partial charge in [0.15, 0.2) is 5.82 Å². The summed E-state index contributed by atoms with van der Waals surface area (Å²) in [6.07, 6.45) is 0.921. The number of anilines is 1.